The Hall–Kier alpha value is -7.88. The molecule has 0 atom stereocenters. The van der Waals surface area contributed by atoms with E-state index >= 15 is 0 Å². The van der Waals surface area contributed by atoms with Gasteiger partial charge in [-0.25, -0.2) is 0 Å². The van der Waals surface area contributed by atoms with E-state index < -0.39 is 0 Å². The van der Waals surface area contributed by atoms with Gasteiger partial charge >= 0.3 is 0 Å². The summed E-state index contributed by atoms with van der Waals surface area (Å²) >= 11 is 0. The summed E-state index contributed by atoms with van der Waals surface area (Å²) in [5.74, 6) is 0. The lowest BCUT2D eigenvalue weighted by atomic mass is 9.95. The lowest BCUT2D eigenvalue weighted by molar-refractivity contribution is 0.670. The van der Waals surface area contributed by atoms with E-state index in [1.165, 1.54) is 10.8 Å². The second-order valence-electron chi connectivity index (χ2n) is 14.9. The van der Waals surface area contributed by atoms with E-state index in [0.29, 0.717) is 33.7 Å². The molecular formula is C56H35NO2. The maximum atomic E-state index is 10.1. The Morgan fingerprint density at radius 1 is 0.390 bits per heavy atom. The number of benzene rings is 10. The number of hydrogen-bond donors (Lipinski definition) is 0. The summed E-state index contributed by atoms with van der Waals surface area (Å²) < 4.78 is 51.3. The van der Waals surface area contributed by atoms with Gasteiger partial charge in [-0.3, -0.25) is 0 Å². The summed E-state index contributed by atoms with van der Waals surface area (Å²) in [6, 6.07) is 62.3. The van der Waals surface area contributed by atoms with Crippen LogP contribution in [0.2, 0.25) is 0 Å². The van der Waals surface area contributed by atoms with Crippen LogP contribution >= 0.6 is 0 Å². The largest absolute Gasteiger partial charge is 0.455 e. The second kappa shape index (κ2) is 13.4. The first-order chi connectivity index (χ1) is 30.9. The van der Waals surface area contributed by atoms with E-state index in [4.69, 9.17) is 8.83 Å². The standard InChI is InChI=1S/C56H35NO2/c1-3-19-44-37(12-1)14-9-22-45(44)40-16-7-15-39(34-40)36-28-31-42(32-29-36)57(51-25-11-27-53-54(51)50-33-30-38-13-2-4-20-46(38)56(50)59-53)43-18-8-17-41(35-43)47-23-10-24-49-48-21-5-6-26-52(48)58-55(47)49/h1-35H/i8D,17D,18D,35D. The van der Waals surface area contributed by atoms with Gasteiger partial charge in [-0.15, -0.1) is 0 Å². The zero-order valence-electron chi connectivity index (χ0n) is 35.7. The van der Waals surface area contributed by atoms with Crippen LogP contribution in [-0.2, 0) is 0 Å². The normalized spacial score (nSPS) is 12.7. The first-order valence-electron chi connectivity index (χ1n) is 21.8. The number of hydrogen-bond acceptors (Lipinski definition) is 3. The summed E-state index contributed by atoms with van der Waals surface area (Å²) in [5, 5.41) is 7.89. The molecule has 12 aromatic rings. The Bertz CT molecular complexity index is 3810. The zero-order chi connectivity index (χ0) is 42.3. The van der Waals surface area contributed by atoms with Crippen molar-refractivity contribution in [1.29, 1.82) is 0 Å². The Labute approximate surface area is 346 Å². The lowest BCUT2D eigenvalue weighted by Gasteiger charge is -2.27. The van der Waals surface area contributed by atoms with Gasteiger partial charge in [0.2, 0.25) is 0 Å². The minimum absolute atomic E-state index is 0.0592. The summed E-state index contributed by atoms with van der Waals surface area (Å²) in [6.45, 7) is 0. The molecule has 0 N–H and O–H groups in total. The molecule has 0 aliphatic heterocycles. The molecule has 0 aliphatic carbocycles. The number of para-hydroxylation sites is 2. The fourth-order valence-corrected chi connectivity index (χ4v) is 8.78. The molecular weight excluding hydrogens is 719 g/mol. The van der Waals surface area contributed by atoms with Crippen LogP contribution in [0.3, 0.4) is 0 Å². The smallest absolute Gasteiger partial charge is 0.143 e. The van der Waals surface area contributed by atoms with Crippen molar-refractivity contribution in [2.75, 3.05) is 4.90 Å². The Kier molecular flexibility index (Phi) is 6.65. The van der Waals surface area contributed by atoms with Gasteiger partial charge in [0.15, 0.2) is 0 Å². The molecule has 0 saturated carbocycles. The van der Waals surface area contributed by atoms with Gasteiger partial charge in [0.1, 0.15) is 22.3 Å². The summed E-state index contributed by atoms with van der Waals surface area (Å²) in [4.78, 5) is 1.90. The molecule has 3 nitrogen and oxygen atoms in total. The van der Waals surface area contributed by atoms with Gasteiger partial charge in [0.05, 0.1) is 16.6 Å². The van der Waals surface area contributed by atoms with Crippen molar-refractivity contribution in [2.24, 2.45) is 0 Å². The molecule has 3 heteroatoms. The molecule has 10 aromatic carbocycles. The van der Waals surface area contributed by atoms with Crippen LogP contribution in [0, 0.1) is 0 Å². The molecule has 0 bridgehead atoms. The van der Waals surface area contributed by atoms with E-state index in [0.717, 1.165) is 60.2 Å². The van der Waals surface area contributed by atoms with Crippen LogP contribution in [0.4, 0.5) is 17.1 Å². The third-order valence-corrected chi connectivity index (χ3v) is 11.5. The molecule has 0 aliphatic rings. The van der Waals surface area contributed by atoms with Gasteiger partial charge in [-0.2, -0.15) is 0 Å². The first-order valence-corrected chi connectivity index (χ1v) is 19.8. The molecule has 0 fully saturated rings. The van der Waals surface area contributed by atoms with Gasteiger partial charge in [0.25, 0.3) is 0 Å². The fraction of sp³-hybridized carbons (Fsp3) is 0. The molecule has 0 saturated heterocycles. The van der Waals surface area contributed by atoms with Gasteiger partial charge in [-0.1, -0.05) is 158 Å². The van der Waals surface area contributed by atoms with Crippen molar-refractivity contribution in [3.05, 3.63) is 212 Å². The van der Waals surface area contributed by atoms with Crippen LogP contribution in [0.5, 0.6) is 0 Å². The van der Waals surface area contributed by atoms with E-state index in [9.17, 15) is 5.48 Å². The van der Waals surface area contributed by atoms with Crippen molar-refractivity contribution in [2.45, 2.75) is 0 Å². The molecule has 2 aromatic heterocycles. The molecule has 12 rings (SSSR count). The third kappa shape index (κ3) is 5.44. The van der Waals surface area contributed by atoms with Crippen molar-refractivity contribution >= 4 is 82.5 Å². The minimum atomic E-state index is -0.286. The Morgan fingerprint density at radius 3 is 1.95 bits per heavy atom. The first kappa shape index (κ1) is 29.4. The molecule has 0 radical (unpaired) electrons. The average Bonchev–Trinajstić information content (AvgIpc) is 3.92. The summed E-state index contributed by atoms with van der Waals surface area (Å²) in [7, 11) is 0. The van der Waals surface area contributed by atoms with Crippen molar-refractivity contribution in [1.82, 2.24) is 0 Å². The van der Waals surface area contributed by atoms with Crippen molar-refractivity contribution < 1.29 is 14.3 Å². The van der Waals surface area contributed by atoms with E-state index in [1.54, 1.807) is 0 Å². The van der Waals surface area contributed by atoms with Crippen LogP contribution < -0.4 is 4.90 Å². The van der Waals surface area contributed by atoms with Crippen LogP contribution in [0.25, 0.3) is 98.8 Å². The molecule has 0 amide bonds. The number of furan rings is 2. The number of anilines is 3. The summed E-state index contributed by atoms with van der Waals surface area (Å²) in [5.41, 5.74) is 9.21. The van der Waals surface area contributed by atoms with Crippen molar-refractivity contribution in [3.63, 3.8) is 0 Å². The predicted molar refractivity (Wildman–Crippen MR) is 247 cm³/mol. The quantitative estimate of drug-likeness (QED) is 0.169. The maximum absolute atomic E-state index is 10.1. The van der Waals surface area contributed by atoms with E-state index in [2.05, 4.69) is 103 Å². The monoisotopic (exact) mass is 757 g/mol. The second-order valence-corrected chi connectivity index (χ2v) is 14.9. The Balaban J connectivity index is 1.08. The Morgan fingerprint density at radius 2 is 1.05 bits per heavy atom. The highest BCUT2D eigenvalue weighted by atomic mass is 16.3. The third-order valence-electron chi connectivity index (χ3n) is 11.5. The fourth-order valence-electron chi connectivity index (χ4n) is 8.78. The highest BCUT2D eigenvalue weighted by molar-refractivity contribution is 6.19. The highest BCUT2D eigenvalue weighted by Crippen LogP contribution is 2.46. The molecule has 59 heavy (non-hydrogen) atoms. The highest BCUT2D eigenvalue weighted by Gasteiger charge is 2.22. The maximum Gasteiger partial charge on any atom is 0.143 e. The van der Waals surface area contributed by atoms with Crippen LogP contribution in [0.1, 0.15) is 5.48 Å². The molecule has 2 heterocycles. The van der Waals surface area contributed by atoms with Gasteiger partial charge < -0.3 is 13.7 Å². The van der Waals surface area contributed by atoms with Crippen molar-refractivity contribution in [3.8, 4) is 33.4 Å². The number of nitrogens with zero attached hydrogens (tertiary/aromatic N) is 1. The van der Waals surface area contributed by atoms with Gasteiger partial charge in [-0.05, 0) is 98.5 Å². The average molecular weight is 758 g/mol. The topological polar surface area (TPSA) is 29.5 Å². The molecule has 0 spiro atoms. The SMILES string of the molecule is [2H]c1c([2H])c(-c2cccc3c2oc2ccccc23)c([2H])c(N(c2ccc(-c3cccc(-c4cccc5ccccc45)c3)cc2)c2cccc3oc4c5ccccc5ccc4c23)c1[2H]. The molecule has 0 unspecified atom stereocenters. The zero-order valence-corrected chi connectivity index (χ0v) is 31.7. The predicted octanol–water partition coefficient (Wildman–Crippen LogP) is 16.3. The number of fused-ring (bicyclic) bond motifs is 9. The lowest BCUT2D eigenvalue weighted by Crippen LogP contribution is -2.10. The minimum Gasteiger partial charge on any atom is -0.455 e. The number of rotatable bonds is 6. The molecule has 276 valence electrons. The van der Waals surface area contributed by atoms with Crippen LogP contribution in [0.15, 0.2) is 221 Å². The van der Waals surface area contributed by atoms with Gasteiger partial charge in [0, 0.05) is 38.5 Å². The summed E-state index contributed by atoms with van der Waals surface area (Å²) in [6.07, 6.45) is 0. The van der Waals surface area contributed by atoms with Crippen LogP contribution in [-0.4, -0.2) is 0 Å². The van der Waals surface area contributed by atoms with E-state index in [-0.39, 0.29) is 35.4 Å². The van der Waals surface area contributed by atoms with E-state index in [1.807, 2.05) is 89.8 Å².